The third-order valence-electron chi connectivity index (χ3n) is 2.10. The molecular weight excluding hydrogens is 251 g/mol. The maximum atomic E-state index is 11.8. The lowest BCUT2D eigenvalue weighted by molar-refractivity contribution is -0.143. The summed E-state index contributed by atoms with van der Waals surface area (Å²) < 4.78 is 4.49. The Hall–Kier alpha value is -1.06. The van der Waals surface area contributed by atoms with Gasteiger partial charge in [-0.1, -0.05) is 23.2 Å². The first-order chi connectivity index (χ1) is 7.45. The van der Waals surface area contributed by atoms with E-state index < -0.39 is 11.9 Å². The highest BCUT2D eigenvalue weighted by molar-refractivity contribution is 6.35. The van der Waals surface area contributed by atoms with Crippen LogP contribution in [0.5, 0.6) is 0 Å². The molecule has 3 nitrogen and oxygen atoms in total. The third-order valence-corrected chi connectivity index (χ3v) is 2.53. The molecule has 16 heavy (non-hydrogen) atoms. The number of methoxy groups -OCH3 is 1. The standard InChI is InChI=1S/C11H10Cl2O3/c1-6(11(15)16-2)10(14)7-3-8(12)5-9(13)4-7/h3-6H,1-2H3. The third kappa shape index (κ3) is 2.97. The highest BCUT2D eigenvalue weighted by Gasteiger charge is 2.23. The summed E-state index contributed by atoms with van der Waals surface area (Å²) >= 11 is 11.5. The molecule has 0 amide bonds. The van der Waals surface area contributed by atoms with E-state index in [0.29, 0.717) is 15.6 Å². The SMILES string of the molecule is COC(=O)C(C)C(=O)c1cc(Cl)cc(Cl)c1. The molecule has 0 heterocycles. The summed E-state index contributed by atoms with van der Waals surface area (Å²) in [5.41, 5.74) is 0.301. The smallest absolute Gasteiger partial charge is 0.316 e. The molecule has 0 aliphatic carbocycles. The Morgan fingerprint density at radius 2 is 1.69 bits per heavy atom. The number of ether oxygens (including phenoxy) is 1. The number of ketones is 1. The van der Waals surface area contributed by atoms with Gasteiger partial charge in [-0.05, 0) is 25.1 Å². The van der Waals surface area contributed by atoms with Gasteiger partial charge >= 0.3 is 5.97 Å². The zero-order valence-corrected chi connectivity index (χ0v) is 10.3. The van der Waals surface area contributed by atoms with E-state index in [1.807, 2.05) is 0 Å². The number of Topliss-reactive ketones (excluding diaryl/α,β-unsaturated/α-hetero) is 1. The predicted molar refractivity (Wildman–Crippen MR) is 62.0 cm³/mol. The topological polar surface area (TPSA) is 43.4 Å². The van der Waals surface area contributed by atoms with E-state index in [2.05, 4.69) is 4.74 Å². The van der Waals surface area contributed by atoms with E-state index in [1.54, 1.807) is 0 Å². The molecule has 0 bridgehead atoms. The van der Waals surface area contributed by atoms with Crippen LogP contribution < -0.4 is 0 Å². The molecule has 0 aliphatic heterocycles. The fourth-order valence-electron chi connectivity index (χ4n) is 1.23. The Morgan fingerprint density at radius 3 is 2.12 bits per heavy atom. The fourth-order valence-corrected chi connectivity index (χ4v) is 1.76. The van der Waals surface area contributed by atoms with Crippen LogP contribution in [0.4, 0.5) is 0 Å². The van der Waals surface area contributed by atoms with Crippen LogP contribution in [0.3, 0.4) is 0 Å². The number of hydrogen-bond acceptors (Lipinski definition) is 3. The van der Waals surface area contributed by atoms with Crippen molar-refractivity contribution in [1.29, 1.82) is 0 Å². The lowest BCUT2D eigenvalue weighted by Gasteiger charge is -2.08. The average Bonchev–Trinajstić information content (AvgIpc) is 2.24. The molecule has 5 heteroatoms. The van der Waals surface area contributed by atoms with Gasteiger partial charge in [-0.2, -0.15) is 0 Å². The second kappa shape index (κ2) is 5.32. The monoisotopic (exact) mass is 260 g/mol. The van der Waals surface area contributed by atoms with Gasteiger partial charge in [0, 0.05) is 15.6 Å². The molecular formula is C11H10Cl2O3. The fraction of sp³-hybridized carbons (Fsp3) is 0.273. The van der Waals surface area contributed by atoms with Crippen molar-refractivity contribution in [3.63, 3.8) is 0 Å². The summed E-state index contributed by atoms with van der Waals surface area (Å²) in [4.78, 5) is 23.0. The summed E-state index contributed by atoms with van der Waals surface area (Å²) in [6.45, 7) is 1.48. The zero-order valence-electron chi connectivity index (χ0n) is 8.79. The summed E-state index contributed by atoms with van der Waals surface area (Å²) in [6, 6.07) is 4.45. The van der Waals surface area contributed by atoms with Crippen molar-refractivity contribution in [1.82, 2.24) is 0 Å². The molecule has 1 aromatic rings. The Labute approximate surface area is 103 Å². The molecule has 0 aromatic heterocycles. The number of carbonyl (C=O) groups excluding carboxylic acids is 2. The van der Waals surface area contributed by atoms with Gasteiger partial charge in [-0.15, -0.1) is 0 Å². The van der Waals surface area contributed by atoms with Gasteiger partial charge in [0.2, 0.25) is 0 Å². The van der Waals surface area contributed by atoms with Gasteiger partial charge in [0.1, 0.15) is 5.92 Å². The number of carbonyl (C=O) groups is 2. The first kappa shape index (κ1) is 13.0. The number of benzene rings is 1. The second-order valence-electron chi connectivity index (χ2n) is 3.27. The summed E-state index contributed by atoms with van der Waals surface area (Å²) in [5, 5.41) is 0.709. The van der Waals surface area contributed by atoms with Crippen molar-refractivity contribution in [3.05, 3.63) is 33.8 Å². The number of rotatable bonds is 3. The predicted octanol–water partition coefficient (Wildman–Crippen LogP) is 2.99. The second-order valence-corrected chi connectivity index (χ2v) is 4.14. The van der Waals surface area contributed by atoms with E-state index in [4.69, 9.17) is 23.2 Å². The van der Waals surface area contributed by atoms with Gasteiger partial charge < -0.3 is 4.74 Å². The first-order valence-corrected chi connectivity index (χ1v) is 5.29. The average molecular weight is 261 g/mol. The normalized spacial score (nSPS) is 12.0. The van der Waals surface area contributed by atoms with Crippen molar-refractivity contribution in [2.24, 2.45) is 5.92 Å². The molecule has 0 fully saturated rings. The first-order valence-electron chi connectivity index (χ1n) is 4.54. The highest BCUT2D eigenvalue weighted by atomic mass is 35.5. The Morgan fingerprint density at radius 1 is 1.19 bits per heavy atom. The van der Waals surface area contributed by atoms with E-state index >= 15 is 0 Å². The molecule has 86 valence electrons. The number of hydrogen-bond donors (Lipinski definition) is 0. The molecule has 0 spiro atoms. The lowest BCUT2D eigenvalue weighted by atomic mass is 10.00. The number of halogens is 2. The summed E-state index contributed by atoms with van der Waals surface area (Å²) in [7, 11) is 1.23. The van der Waals surface area contributed by atoms with Crippen LogP contribution in [0, 0.1) is 5.92 Å². The minimum Gasteiger partial charge on any atom is -0.468 e. The van der Waals surface area contributed by atoms with Crippen LogP contribution in [-0.4, -0.2) is 18.9 Å². The Bertz CT molecular complexity index is 409. The number of esters is 1. The minimum atomic E-state index is -0.862. The molecule has 0 radical (unpaired) electrons. The molecule has 0 aliphatic rings. The van der Waals surface area contributed by atoms with Crippen molar-refractivity contribution in [3.8, 4) is 0 Å². The molecule has 0 saturated heterocycles. The molecule has 1 atom stereocenters. The molecule has 1 aromatic carbocycles. The highest BCUT2D eigenvalue weighted by Crippen LogP contribution is 2.21. The van der Waals surface area contributed by atoms with Crippen molar-refractivity contribution < 1.29 is 14.3 Å². The van der Waals surface area contributed by atoms with Crippen LogP contribution in [0.25, 0.3) is 0 Å². The van der Waals surface area contributed by atoms with E-state index in [-0.39, 0.29) is 5.78 Å². The van der Waals surface area contributed by atoms with Crippen LogP contribution in [0.2, 0.25) is 10.0 Å². The maximum Gasteiger partial charge on any atom is 0.316 e. The molecule has 0 N–H and O–H groups in total. The molecule has 1 rings (SSSR count). The summed E-state index contributed by atoms with van der Waals surface area (Å²) in [5.74, 6) is -1.81. The molecule has 1 unspecified atom stereocenters. The van der Waals surface area contributed by atoms with Gasteiger partial charge in [-0.25, -0.2) is 0 Å². The van der Waals surface area contributed by atoms with E-state index in [0.717, 1.165) is 0 Å². The van der Waals surface area contributed by atoms with E-state index in [1.165, 1.54) is 32.2 Å². The van der Waals surface area contributed by atoms with Gasteiger partial charge in [0.05, 0.1) is 7.11 Å². The lowest BCUT2D eigenvalue weighted by Crippen LogP contribution is -2.22. The Kier molecular flexibility index (Phi) is 4.33. The zero-order chi connectivity index (χ0) is 12.3. The van der Waals surface area contributed by atoms with E-state index in [9.17, 15) is 9.59 Å². The van der Waals surface area contributed by atoms with Crippen molar-refractivity contribution >= 4 is 35.0 Å². The largest absolute Gasteiger partial charge is 0.468 e. The minimum absolute atomic E-state index is 0.301. The van der Waals surface area contributed by atoms with Crippen LogP contribution in [0.15, 0.2) is 18.2 Å². The van der Waals surface area contributed by atoms with Crippen molar-refractivity contribution in [2.75, 3.05) is 7.11 Å². The van der Waals surface area contributed by atoms with Crippen LogP contribution in [0.1, 0.15) is 17.3 Å². The maximum absolute atomic E-state index is 11.8. The van der Waals surface area contributed by atoms with Gasteiger partial charge in [0.25, 0.3) is 0 Å². The van der Waals surface area contributed by atoms with Gasteiger partial charge in [0.15, 0.2) is 5.78 Å². The van der Waals surface area contributed by atoms with Gasteiger partial charge in [-0.3, -0.25) is 9.59 Å². The summed E-state index contributed by atoms with van der Waals surface area (Å²) in [6.07, 6.45) is 0. The molecule has 0 saturated carbocycles. The Balaban J connectivity index is 3.00. The quantitative estimate of drug-likeness (QED) is 0.477. The van der Waals surface area contributed by atoms with Crippen LogP contribution in [-0.2, 0) is 9.53 Å². The van der Waals surface area contributed by atoms with Crippen molar-refractivity contribution in [2.45, 2.75) is 6.92 Å². The van der Waals surface area contributed by atoms with Crippen LogP contribution >= 0.6 is 23.2 Å².